The van der Waals surface area contributed by atoms with Gasteiger partial charge >= 0.3 is 0 Å². The summed E-state index contributed by atoms with van der Waals surface area (Å²) < 4.78 is 6.93. The van der Waals surface area contributed by atoms with Gasteiger partial charge in [-0.2, -0.15) is 9.61 Å². The van der Waals surface area contributed by atoms with Gasteiger partial charge in [0.1, 0.15) is 22.9 Å². The summed E-state index contributed by atoms with van der Waals surface area (Å²) in [4.78, 5) is 31.9. The van der Waals surface area contributed by atoms with Gasteiger partial charge in [-0.15, -0.1) is 0 Å². The minimum absolute atomic E-state index is 0.0651. The van der Waals surface area contributed by atoms with Gasteiger partial charge in [0.05, 0.1) is 12.3 Å². The van der Waals surface area contributed by atoms with Crippen LogP contribution >= 0.6 is 0 Å². The molecule has 2 atom stereocenters. The topological polar surface area (TPSA) is 125 Å². The molecule has 3 aromatic heterocycles. The fourth-order valence-electron chi connectivity index (χ4n) is 3.57. The first-order chi connectivity index (χ1) is 14.1. The fraction of sp³-hybridized carbons (Fsp3) is 0.368. The molecule has 29 heavy (non-hydrogen) atoms. The van der Waals surface area contributed by atoms with Gasteiger partial charge in [-0.25, -0.2) is 4.98 Å². The molecule has 1 saturated carbocycles. The van der Waals surface area contributed by atoms with Crippen molar-refractivity contribution in [2.24, 2.45) is 0 Å². The molecule has 3 aromatic rings. The number of H-pyrrole nitrogens is 1. The zero-order valence-corrected chi connectivity index (χ0v) is 16.2. The van der Waals surface area contributed by atoms with E-state index in [9.17, 15) is 9.59 Å². The lowest BCUT2D eigenvalue weighted by molar-refractivity contribution is 0.0916. The first-order valence-corrected chi connectivity index (χ1v) is 9.44. The number of nitrogens with zero attached hydrogens (tertiary/aromatic N) is 3. The number of aromatic nitrogens is 4. The van der Waals surface area contributed by atoms with Gasteiger partial charge in [-0.3, -0.25) is 9.59 Å². The number of carbonyl (C=O) groups is 1. The van der Waals surface area contributed by atoms with Crippen molar-refractivity contribution in [1.29, 1.82) is 0 Å². The Labute approximate surface area is 166 Å². The molecule has 152 valence electrons. The van der Waals surface area contributed by atoms with Gasteiger partial charge in [-0.05, 0) is 31.4 Å². The molecular weight excluding hydrogens is 374 g/mol. The zero-order valence-electron chi connectivity index (χ0n) is 16.2. The van der Waals surface area contributed by atoms with Crippen molar-refractivity contribution >= 4 is 28.9 Å². The summed E-state index contributed by atoms with van der Waals surface area (Å²) in [5.74, 6) is 0.823. The minimum Gasteiger partial charge on any atom is -0.381 e. The minimum atomic E-state index is -0.263. The smallest absolute Gasteiger partial charge is 0.271 e. The van der Waals surface area contributed by atoms with Crippen LogP contribution in [0.15, 0.2) is 35.4 Å². The third-order valence-electron chi connectivity index (χ3n) is 5.11. The van der Waals surface area contributed by atoms with E-state index in [0.29, 0.717) is 28.5 Å². The monoisotopic (exact) mass is 397 g/mol. The molecule has 1 fully saturated rings. The lowest BCUT2D eigenvalue weighted by Crippen LogP contribution is -2.33. The molecule has 4 N–H and O–H groups in total. The molecule has 10 nitrogen and oxygen atoms in total. The molecule has 10 heteroatoms. The van der Waals surface area contributed by atoms with E-state index < -0.39 is 0 Å². The molecule has 1 amide bonds. The van der Waals surface area contributed by atoms with Crippen molar-refractivity contribution in [1.82, 2.24) is 24.9 Å². The SMILES string of the molecule is CNc1cc(Nc2ccc[nH]c2=O)nc2c(C(=O)N[C@@H]3CC[C@@H](OC)C3)cnn12. The number of aromatic amines is 1. The summed E-state index contributed by atoms with van der Waals surface area (Å²) >= 11 is 0. The average molecular weight is 397 g/mol. The summed E-state index contributed by atoms with van der Waals surface area (Å²) in [5.41, 5.74) is 0.854. The molecule has 0 aromatic carbocycles. The second-order valence-electron chi connectivity index (χ2n) is 6.95. The normalized spacial score (nSPS) is 18.7. The van der Waals surface area contributed by atoms with E-state index in [1.807, 2.05) is 0 Å². The van der Waals surface area contributed by atoms with Gasteiger partial charge in [0, 0.05) is 32.5 Å². The van der Waals surface area contributed by atoms with Crippen LogP contribution in [0.2, 0.25) is 0 Å². The molecule has 0 saturated heterocycles. The Balaban J connectivity index is 1.64. The number of ether oxygens (including phenoxy) is 1. The number of hydrogen-bond donors (Lipinski definition) is 4. The van der Waals surface area contributed by atoms with Crippen molar-refractivity contribution < 1.29 is 9.53 Å². The number of fused-ring (bicyclic) bond motifs is 1. The largest absolute Gasteiger partial charge is 0.381 e. The molecule has 1 aliphatic rings. The van der Waals surface area contributed by atoms with Crippen LogP contribution in [0.1, 0.15) is 29.6 Å². The molecule has 0 bridgehead atoms. The third kappa shape index (κ3) is 3.79. The predicted octanol–water partition coefficient (Wildman–Crippen LogP) is 1.50. The second kappa shape index (κ2) is 7.92. The molecule has 1 aliphatic carbocycles. The highest BCUT2D eigenvalue weighted by Gasteiger charge is 2.27. The summed E-state index contributed by atoms with van der Waals surface area (Å²) in [6.07, 6.45) is 5.83. The Morgan fingerprint density at radius 1 is 1.38 bits per heavy atom. The van der Waals surface area contributed by atoms with E-state index in [4.69, 9.17) is 4.74 Å². The quantitative estimate of drug-likeness (QED) is 0.497. The highest BCUT2D eigenvalue weighted by molar-refractivity contribution is 6.00. The Morgan fingerprint density at radius 2 is 2.24 bits per heavy atom. The number of anilines is 3. The Kier molecular flexibility index (Phi) is 5.17. The van der Waals surface area contributed by atoms with Gasteiger partial charge in [-0.1, -0.05) is 0 Å². The lowest BCUT2D eigenvalue weighted by Gasteiger charge is -2.13. The van der Waals surface area contributed by atoms with Crippen LogP contribution in [-0.4, -0.2) is 51.8 Å². The number of carbonyl (C=O) groups excluding carboxylic acids is 1. The van der Waals surface area contributed by atoms with Crippen molar-refractivity contribution in [3.05, 3.63) is 46.5 Å². The maximum atomic E-state index is 12.9. The van der Waals surface area contributed by atoms with Crippen LogP contribution in [0, 0.1) is 0 Å². The van der Waals surface area contributed by atoms with Crippen LogP contribution in [0.5, 0.6) is 0 Å². The van der Waals surface area contributed by atoms with E-state index in [1.54, 1.807) is 43.1 Å². The number of methoxy groups -OCH3 is 1. The van der Waals surface area contributed by atoms with Gasteiger partial charge in [0.2, 0.25) is 0 Å². The Hall–Kier alpha value is -3.40. The van der Waals surface area contributed by atoms with Crippen LogP contribution in [0.4, 0.5) is 17.3 Å². The van der Waals surface area contributed by atoms with Crippen molar-refractivity contribution in [2.45, 2.75) is 31.4 Å². The molecule has 0 spiro atoms. The van der Waals surface area contributed by atoms with E-state index in [0.717, 1.165) is 19.3 Å². The number of pyridine rings is 1. The fourth-order valence-corrected chi connectivity index (χ4v) is 3.57. The van der Waals surface area contributed by atoms with E-state index >= 15 is 0 Å². The average Bonchev–Trinajstić information content (AvgIpc) is 3.35. The maximum Gasteiger partial charge on any atom is 0.271 e. The van der Waals surface area contributed by atoms with Gasteiger partial charge in [0.25, 0.3) is 11.5 Å². The standard InChI is InChI=1S/C19H23N7O3/c1-20-16-9-15(24-14-4-3-7-21-19(14)28)25-17-13(10-22-26(16)17)18(27)23-11-5-6-12(8-11)29-2/h3-4,7,9-12,20H,5-6,8H2,1-2H3,(H,21,28)(H,23,27)(H,24,25)/t11-,12-/m1/s1. The molecule has 3 heterocycles. The predicted molar refractivity (Wildman–Crippen MR) is 109 cm³/mol. The number of rotatable bonds is 6. The van der Waals surface area contributed by atoms with Gasteiger partial charge in [0.15, 0.2) is 5.65 Å². The Morgan fingerprint density at radius 3 is 2.97 bits per heavy atom. The van der Waals surface area contributed by atoms with Crippen LogP contribution in [0.25, 0.3) is 5.65 Å². The summed E-state index contributed by atoms with van der Waals surface area (Å²) in [5, 5.41) is 13.4. The zero-order chi connectivity index (χ0) is 20.4. The number of amides is 1. The van der Waals surface area contributed by atoms with Crippen molar-refractivity contribution in [3.63, 3.8) is 0 Å². The molecule has 0 radical (unpaired) electrons. The van der Waals surface area contributed by atoms with Crippen LogP contribution < -0.4 is 21.5 Å². The highest BCUT2D eigenvalue weighted by atomic mass is 16.5. The van der Waals surface area contributed by atoms with E-state index in [-0.39, 0.29) is 23.6 Å². The second-order valence-corrected chi connectivity index (χ2v) is 6.95. The first-order valence-electron chi connectivity index (χ1n) is 9.44. The lowest BCUT2D eigenvalue weighted by atomic mass is 10.2. The van der Waals surface area contributed by atoms with E-state index in [1.165, 1.54) is 6.20 Å². The summed E-state index contributed by atoms with van der Waals surface area (Å²) in [6.45, 7) is 0. The van der Waals surface area contributed by atoms with Gasteiger partial charge < -0.3 is 25.7 Å². The first kappa shape index (κ1) is 18.9. The van der Waals surface area contributed by atoms with Crippen LogP contribution in [-0.2, 0) is 4.74 Å². The molecule has 0 aliphatic heterocycles. The molecule has 4 rings (SSSR count). The Bertz CT molecular complexity index is 1090. The van der Waals surface area contributed by atoms with Crippen molar-refractivity contribution in [3.8, 4) is 0 Å². The molecule has 0 unspecified atom stereocenters. The molecular formula is C19H23N7O3. The van der Waals surface area contributed by atoms with Crippen LogP contribution in [0.3, 0.4) is 0 Å². The number of hydrogen-bond acceptors (Lipinski definition) is 7. The number of nitrogens with one attached hydrogen (secondary N) is 4. The highest BCUT2D eigenvalue weighted by Crippen LogP contribution is 2.23. The third-order valence-corrected chi connectivity index (χ3v) is 5.11. The summed E-state index contributed by atoms with van der Waals surface area (Å²) in [6, 6.07) is 5.15. The van der Waals surface area contributed by atoms with E-state index in [2.05, 4.69) is 31.0 Å². The maximum absolute atomic E-state index is 12.9. The summed E-state index contributed by atoms with van der Waals surface area (Å²) in [7, 11) is 3.44. The van der Waals surface area contributed by atoms with Crippen molar-refractivity contribution in [2.75, 3.05) is 24.8 Å².